The van der Waals surface area contributed by atoms with Crippen molar-refractivity contribution in [2.24, 2.45) is 11.3 Å². The van der Waals surface area contributed by atoms with Crippen LogP contribution in [0.4, 0.5) is 0 Å². The van der Waals surface area contributed by atoms with E-state index < -0.39 is 0 Å². The van der Waals surface area contributed by atoms with Crippen molar-refractivity contribution in [3.63, 3.8) is 0 Å². The SMILES string of the molecule is c1cn(-c2ccc(CNCC3(C4CC4)CC3)cc2)cn1. The van der Waals surface area contributed by atoms with Crippen LogP contribution in [-0.4, -0.2) is 16.1 Å². The summed E-state index contributed by atoms with van der Waals surface area (Å²) in [4.78, 5) is 4.08. The minimum atomic E-state index is 0.691. The Morgan fingerprint density at radius 3 is 2.60 bits per heavy atom. The molecule has 0 atom stereocenters. The van der Waals surface area contributed by atoms with Gasteiger partial charge in [-0.15, -0.1) is 0 Å². The Hall–Kier alpha value is -1.61. The van der Waals surface area contributed by atoms with Gasteiger partial charge in [-0.3, -0.25) is 0 Å². The number of hydrogen-bond donors (Lipinski definition) is 1. The van der Waals surface area contributed by atoms with Gasteiger partial charge in [0.05, 0.1) is 6.33 Å². The van der Waals surface area contributed by atoms with Crippen LogP contribution in [0, 0.1) is 11.3 Å². The van der Waals surface area contributed by atoms with E-state index in [0.29, 0.717) is 5.41 Å². The number of benzene rings is 1. The zero-order valence-corrected chi connectivity index (χ0v) is 11.8. The molecule has 1 N–H and O–H groups in total. The first kappa shape index (κ1) is 12.2. The summed E-state index contributed by atoms with van der Waals surface area (Å²) in [6, 6.07) is 8.73. The summed E-state index contributed by atoms with van der Waals surface area (Å²) in [5.74, 6) is 1.04. The smallest absolute Gasteiger partial charge is 0.0991 e. The normalized spacial score (nSPS) is 20.0. The van der Waals surface area contributed by atoms with E-state index in [4.69, 9.17) is 0 Å². The molecule has 0 unspecified atom stereocenters. The maximum absolute atomic E-state index is 4.08. The van der Waals surface area contributed by atoms with Gasteiger partial charge in [0.15, 0.2) is 0 Å². The number of hydrogen-bond acceptors (Lipinski definition) is 2. The average molecular weight is 267 g/mol. The zero-order chi connectivity index (χ0) is 13.4. The molecule has 0 saturated heterocycles. The average Bonchev–Trinajstić information content (AvgIpc) is 3.39. The minimum absolute atomic E-state index is 0.691. The van der Waals surface area contributed by atoms with Crippen LogP contribution < -0.4 is 5.32 Å². The van der Waals surface area contributed by atoms with Crippen molar-refractivity contribution in [1.82, 2.24) is 14.9 Å². The van der Waals surface area contributed by atoms with Crippen LogP contribution in [0.25, 0.3) is 5.69 Å². The number of aromatic nitrogens is 2. The maximum atomic E-state index is 4.08. The highest BCUT2D eigenvalue weighted by Gasteiger charge is 2.53. The molecule has 2 saturated carbocycles. The van der Waals surface area contributed by atoms with Crippen molar-refractivity contribution in [3.05, 3.63) is 48.5 Å². The Bertz CT molecular complexity index is 563. The van der Waals surface area contributed by atoms with Gasteiger partial charge in [-0.05, 0) is 54.7 Å². The quantitative estimate of drug-likeness (QED) is 0.871. The Kier molecular flexibility index (Phi) is 2.88. The lowest BCUT2D eigenvalue weighted by atomic mass is 10.0. The largest absolute Gasteiger partial charge is 0.312 e. The molecular weight excluding hydrogens is 246 g/mol. The van der Waals surface area contributed by atoms with Crippen LogP contribution in [0.2, 0.25) is 0 Å². The van der Waals surface area contributed by atoms with Gasteiger partial charge < -0.3 is 9.88 Å². The Balaban J connectivity index is 1.33. The van der Waals surface area contributed by atoms with Gasteiger partial charge in [-0.1, -0.05) is 12.1 Å². The van der Waals surface area contributed by atoms with E-state index in [1.165, 1.54) is 43.5 Å². The summed E-state index contributed by atoms with van der Waals surface area (Å²) < 4.78 is 2.03. The van der Waals surface area contributed by atoms with E-state index in [0.717, 1.165) is 12.5 Å². The van der Waals surface area contributed by atoms with Crippen LogP contribution in [0.1, 0.15) is 31.2 Å². The van der Waals surface area contributed by atoms with Crippen molar-refractivity contribution in [1.29, 1.82) is 0 Å². The van der Waals surface area contributed by atoms with E-state index in [2.05, 4.69) is 34.6 Å². The van der Waals surface area contributed by atoms with Crippen molar-refractivity contribution in [2.45, 2.75) is 32.2 Å². The Labute approximate surface area is 120 Å². The van der Waals surface area contributed by atoms with Gasteiger partial charge >= 0.3 is 0 Å². The second-order valence-electron chi connectivity index (χ2n) is 6.38. The highest BCUT2D eigenvalue weighted by molar-refractivity contribution is 5.34. The van der Waals surface area contributed by atoms with Gasteiger partial charge in [-0.25, -0.2) is 4.98 Å². The lowest BCUT2D eigenvalue weighted by molar-refractivity contribution is 0.403. The number of nitrogens with zero attached hydrogens (tertiary/aromatic N) is 2. The van der Waals surface area contributed by atoms with Gasteiger partial charge in [-0.2, -0.15) is 0 Å². The molecule has 0 bridgehead atoms. The van der Waals surface area contributed by atoms with Gasteiger partial charge in [0.25, 0.3) is 0 Å². The zero-order valence-electron chi connectivity index (χ0n) is 11.8. The summed E-state index contributed by atoms with van der Waals surface area (Å²) in [6.45, 7) is 2.19. The molecule has 2 aliphatic rings. The first-order valence-electron chi connectivity index (χ1n) is 7.64. The molecule has 1 aromatic carbocycles. The molecule has 3 heteroatoms. The van der Waals surface area contributed by atoms with Crippen LogP contribution in [0.15, 0.2) is 43.0 Å². The van der Waals surface area contributed by atoms with Crippen LogP contribution in [-0.2, 0) is 6.54 Å². The highest BCUT2D eigenvalue weighted by atomic mass is 15.0. The lowest BCUT2D eigenvalue weighted by Crippen LogP contribution is -2.24. The van der Waals surface area contributed by atoms with Crippen molar-refractivity contribution < 1.29 is 0 Å². The first-order valence-corrected chi connectivity index (χ1v) is 7.64. The van der Waals surface area contributed by atoms with Gasteiger partial charge in [0.2, 0.25) is 0 Å². The summed E-state index contributed by atoms with van der Waals surface area (Å²) >= 11 is 0. The summed E-state index contributed by atoms with van der Waals surface area (Å²) in [7, 11) is 0. The molecule has 20 heavy (non-hydrogen) atoms. The Morgan fingerprint density at radius 2 is 2.00 bits per heavy atom. The van der Waals surface area contributed by atoms with E-state index in [9.17, 15) is 0 Å². The number of rotatable bonds is 6. The summed E-state index contributed by atoms with van der Waals surface area (Å²) in [5, 5.41) is 3.66. The fourth-order valence-electron chi connectivity index (χ4n) is 3.24. The lowest BCUT2D eigenvalue weighted by Gasteiger charge is -2.15. The van der Waals surface area contributed by atoms with Crippen LogP contribution in [0.3, 0.4) is 0 Å². The Morgan fingerprint density at radius 1 is 1.20 bits per heavy atom. The summed E-state index contributed by atoms with van der Waals surface area (Å²) in [6.07, 6.45) is 11.5. The second kappa shape index (κ2) is 4.74. The molecule has 3 nitrogen and oxygen atoms in total. The molecular formula is C17H21N3. The van der Waals surface area contributed by atoms with Crippen molar-refractivity contribution in [2.75, 3.05) is 6.54 Å². The molecule has 0 spiro atoms. The van der Waals surface area contributed by atoms with Crippen molar-refractivity contribution in [3.8, 4) is 5.69 Å². The number of imidazole rings is 1. The van der Waals surface area contributed by atoms with Gasteiger partial charge in [0.1, 0.15) is 0 Å². The molecule has 1 heterocycles. The van der Waals surface area contributed by atoms with E-state index in [1.807, 2.05) is 23.3 Å². The molecule has 2 aliphatic carbocycles. The van der Waals surface area contributed by atoms with Gasteiger partial charge in [0, 0.05) is 31.2 Å². The first-order chi connectivity index (χ1) is 9.86. The topological polar surface area (TPSA) is 29.9 Å². The third-order valence-electron chi connectivity index (χ3n) is 4.88. The molecule has 0 aliphatic heterocycles. The standard InChI is InChI=1S/C17H21N3/c1-5-16(20-10-9-18-13-20)6-2-14(1)11-19-12-17(7-8-17)15-3-4-15/h1-2,5-6,9-10,13,15,19H,3-4,7-8,11-12H2. The fraction of sp³-hybridized carbons (Fsp3) is 0.471. The molecule has 0 amide bonds. The third-order valence-corrected chi connectivity index (χ3v) is 4.88. The molecule has 1 aromatic heterocycles. The summed E-state index contributed by atoms with van der Waals surface area (Å²) in [5.41, 5.74) is 3.22. The predicted molar refractivity (Wildman–Crippen MR) is 79.7 cm³/mol. The fourth-order valence-corrected chi connectivity index (χ4v) is 3.24. The molecule has 2 aromatic rings. The monoisotopic (exact) mass is 267 g/mol. The third kappa shape index (κ3) is 2.38. The minimum Gasteiger partial charge on any atom is -0.312 e. The maximum Gasteiger partial charge on any atom is 0.0991 e. The van der Waals surface area contributed by atoms with E-state index >= 15 is 0 Å². The van der Waals surface area contributed by atoms with E-state index in [1.54, 1.807) is 0 Å². The van der Waals surface area contributed by atoms with E-state index in [-0.39, 0.29) is 0 Å². The molecule has 104 valence electrons. The highest BCUT2D eigenvalue weighted by Crippen LogP contribution is 2.60. The molecule has 4 rings (SSSR count). The second-order valence-corrected chi connectivity index (χ2v) is 6.38. The predicted octanol–water partition coefficient (Wildman–Crippen LogP) is 3.15. The molecule has 0 radical (unpaired) electrons. The molecule has 2 fully saturated rings. The number of nitrogens with one attached hydrogen (secondary N) is 1. The van der Waals surface area contributed by atoms with Crippen LogP contribution in [0.5, 0.6) is 0 Å². The van der Waals surface area contributed by atoms with Crippen molar-refractivity contribution >= 4 is 0 Å². The van der Waals surface area contributed by atoms with Crippen LogP contribution >= 0.6 is 0 Å².